The average molecular weight is 215 g/mol. The van der Waals surface area contributed by atoms with Crippen molar-refractivity contribution in [3.05, 3.63) is 18.0 Å². The smallest absolute Gasteiger partial charge is 0.180 e. The Bertz CT molecular complexity index is 426. The minimum Gasteiger partial charge on any atom is -0.506 e. The highest BCUT2D eigenvalue weighted by atomic mass is 32.2. The summed E-state index contributed by atoms with van der Waals surface area (Å²) < 4.78 is 23.2. The molecular formula is C9H13NO3S. The minimum atomic E-state index is -3.29. The van der Waals surface area contributed by atoms with Crippen molar-refractivity contribution < 1.29 is 13.5 Å². The van der Waals surface area contributed by atoms with E-state index < -0.39 is 9.84 Å². The van der Waals surface area contributed by atoms with E-state index in [0.717, 1.165) is 0 Å². The number of aromatic hydroxyl groups is 1. The van der Waals surface area contributed by atoms with Crippen LogP contribution in [0, 0.1) is 0 Å². The van der Waals surface area contributed by atoms with Gasteiger partial charge in [0.25, 0.3) is 0 Å². The van der Waals surface area contributed by atoms with Crippen LogP contribution in [0.25, 0.3) is 0 Å². The van der Waals surface area contributed by atoms with Crippen molar-refractivity contribution in [1.29, 1.82) is 0 Å². The fraction of sp³-hybridized carbons (Fsp3) is 0.444. The number of hydrogen-bond acceptors (Lipinski definition) is 4. The molecule has 0 aliphatic carbocycles. The zero-order chi connectivity index (χ0) is 10.8. The van der Waals surface area contributed by atoms with Gasteiger partial charge in [0.1, 0.15) is 5.75 Å². The average Bonchev–Trinajstić information content (AvgIpc) is 2.18. The molecule has 0 fully saturated rings. The Balaban J connectivity index is 3.39. The molecule has 0 aliphatic rings. The van der Waals surface area contributed by atoms with Gasteiger partial charge < -0.3 is 5.11 Å². The van der Waals surface area contributed by atoms with Crippen LogP contribution in [0.1, 0.15) is 19.5 Å². The van der Waals surface area contributed by atoms with Crippen LogP contribution in [-0.4, -0.2) is 24.3 Å². The Kier molecular flexibility index (Phi) is 3.10. The Morgan fingerprint density at radius 1 is 1.43 bits per heavy atom. The molecule has 5 heteroatoms. The molecular weight excluding hydrogens is 202 g/mol. The summed E-state index contributed by atoms with van der Waals surface area (Å²) in [7, 11) is -3.29. The highest BCUT2D eigenvalue weighted by molar-refractivity contribution is 7.91. The summed E-state index contributed by atoms with van der Waals surface area (Å²) >= 11 is 0. The van der Waals surface area contributed by atoms with Gasteiger partial charge >= 0.3 is 0 Å². The third kappa shape index (κ3) is 2.04. The Labute approximate surface area is 83.5 Å². The molecule has 0 spiro atoms. The first kappa shape index (κ1) is 11.0. The van der Waals surface area contributed by atoms with E-state index in [1.807, 2.05) is 6.92 Å². The fourth-order valence-corrected chi connectivity index (χ4v) is 2.32. The zero-order valence-electron chi connectivity index (χ0n) is 8.19. The third-order valence-electron chi connectivity index (χ3n) is 1.97. The minimum absolute atomic E-state index is 0.0190. The molecule has 1 N–H and O–H groups in total. The van der Waals surface area contributed by atoms with E-state index in [2.05, 4.69) is 4.98 Å². The molecule has 0 aliphatic heterocycles. The van der Waals surface area contributed by atoms with Crippen LogP contribution in [0.5, 0.6) is 5.75 Å². The van der Waals surface area contributed by atoms with Crippen molar-refractivity contribution in [1.82, 2.24) is 4.98 Å². The predicted octanol–water partition coefficient (Wildman–Crippen LogP) is 1.14. The second kappa shape index (κ2) is 3.96. The number of nitrogens with zero attached hydrogens (tertiary/aromatic N) is 1. The van der Waals surface area contributed by atoms with Gasteiger partial charge in [-0.25, -0.2) is 8.42 Å². The fourth-order valence-electron chi connectivity index (χ4n) is 1.15. The quantitative estimate of drug-likeness (QED) is 0.821. The van der Waals surface area contributed by atoms with E-state index in [1.54, 1.807) is 6.92 Å². The summed E-state index contributed by atoms with van der Waals surface area (Å²) in [4.78, 5) is 4.02. The Morgan fingerprint density at radius 2 is 2.07 bits per heavy atom. The van der Waals surface area contributed by atoms with E-state index in [4.69, 9.17) is 5.11 Å². The van der Waals surface area contributed by atoms with Gasteiger partial charge in [-0.15, -0.1) is 0 Å². The lowest BCUT2D eigenvalue weighted by Gasteiger charge is -2.06. The molecule has 1 aromatic rings. The summed E-state index contributed by atoms with van der Waals surface area (Å²) in [5.41, 5.74) is 0.504. The second-order valence-corrected chi connectivity index (χ2v) is 5.14. The van der Waals surface area contributed by atoms with Gasteiger partial charge in [0, 0.05) is 6.07 Å². The lowest BCUT2D eigenvalue weighted by molar-refractivity contribution is 0.469. The number of sulfone groups is 1. The summed E-state index contributed by atoms with van der Waals surface area (Å²) in [6.07, 6.45) is 1.79. The normalized spacial score (nSPS) is 11.6. The third-order valence-corrected chi connectivity index (χ3v) is 3.75. The number of aryl methyl sites for hydroxylation is 1. The maximum Gasteiger partial charge on any atom is 0.180 e. The Morgan fingerprint density at radius 3 is 2.57 bits per heavy atom. The predicted molar refractivity (Wildman–Crippen MR) is 53.0 cm³/mol. The van der Waals surface area contributed by atoms with E-state index in [9.17, 15) is 8.42 Å². The molecule has 0 aromatic carbocycles. The summed E-state index contributed by atoms with van der Waals surface area (Å²) in [6.45, 7) is 3.40. The molecule has 0 radical (unpaired) electrons. The summed E-state index contributed by atoms with van der Waals surface area (Å²) in [5, 5.41) is 9.16. The number of hydrogen-bond donors (Lipinski definition) is 1. The molecule has 78 valence electrons. The van der Waals surface area contributed by atoms with Gasteiger partial charge in [0.05, 0.1) is 22.5 Å². The van der Waals surface area contributed by atoms with E-state index in [-0.39, 0.29) is 16.4 Å². The first-order valence-electron chi connectivity index (χ1n) is 4.42. The van der Waals surface area contributed by atoms with Gasteiger partial charge in [-0.2, -0.15) is 0 Å². The molecule has 1 aromatic heterocycles. The van der Waals surface area contributed by atoms with E-state index >= 15 is 0 Å². The van der Waals surface area contributed by atoms with Crippen LogP contribution < -0.4 is 0 Å². The first-order valence-corrected chi connectivity index (χ1v) is 6.07. The van der Waals surface area contributed by atoms with Crippen molar-refractivity contribution >= 4 is 9.84 Å². The van der Waals surface area contributed by atoms with E-state index in [1.165, 1.54) is 12.3 Å². The maximum atomic E-state index is 11.6. The van der Waals surface area contributed by atoms with Crippen LogP contribution in [0.4, 0.5) is 0 Å². The molecule has 0 amide bonds. The molecule has 4 nitrogen and oxygen atoms in total. The Hall–Kier alpha value is -1.10. The SMILES string of the molecule is CCc1ncc(O)cc1S(=O)(=O)CC. The molecule has 0 saturated heterocycles. The summed E-state index contributed by atoms with van der Waals surface area (Å²) in [6, 6.07) is 1.25. The highest BCUT2D eigenvalue weighted by Gasteiger charge is 2.17. The van der Waals surface area contributed by atoms with Crippen LogP contribution >= 0.6 is 0 Å². The van der Waals surface area contributed by atoms with Crippen molar-refractivity contribution in [2.45, 2.75) is 25.2 Å². The zero-order valence-corrected chi connectivity index (χ0v) is 9.00. The number of rotatable bonds is 3. The second-order valence-electron chi connectivity index (χ2n) is 2.90. The standard InChI is InChI=1S/C9H13NO3S/c1-3-8-9(14(12,13)4-2)5-7(11)6-10-8/h5-6,11H,3-4H2,1-2H3. The van der Waals surface area contributed by atoms with E-state index in [0.29, 0.717) is 12.1 Å². The van der Waals surface area contributed by atoms with Gasteiger partial charge in [0.2, 0.25) is 0 Å². The van der Waals surface area contributed by atoms with Crippen LogP contribution in [-0.2, 0) is 16.3 Å². The first-order chi connectivity index (χ1) is 6.51. The van der Waals surface area contributed by atoms with Crippen LogP contribution in [0.2, 0.25) is 0 Å². The summed E-state index contributed by atoms with van der Waals surface area (Å²) in [5.74, 6) is -0.0975. The van der Waals surface area contributed by atoms with Gasteiger partial charge in [-0.05, 0) is 6.42 Å². The van der Waals surface area contributed by atoms with Gasteiger partial charge in [-0.1, -0.05) is 13.8 Å². The number of pyridine rings is 1. The topological polar surface area (TPSA) is 67.3 Å². The lowest BCUT2D eigenvalue weighted by atomic mass is 10.3. The van der Waals surface area contributed by atoms with Crippen molar-refractivity contribution in [3.8, 4) is 5.75 Å². The van der Waals surface area contributed by atoms with Crippen molar-refractivity contribution in [3.63, 3.8) is 0 Å². The van der Waals surface area contributed by atoms with Crippen LogP contribution in [0.3, 0.4) is 0 Å². The molecule has 14 heavy (non-hydrogen) atoms. The molecule has 1 rings (SSSR count). The van der Waals surface area contributed by atoms with Crippen molar-refractivity contribution in [2.75, 3.05) is 5.75 Å². The van der Waals surface area contributed by atoms with Crippen molar-refractivity contribution in [2.24, 2.45) is 0 Å². The number of aromatic nitrogens is 1. The van der Waals surface area contributed by atoms with Gasteiger partial charge in [-0.3, -0.25) is 4.98 Å². The monoisotopic (exact) mass is 215 g/mol. The molecule has 0 saturated carbocycles. The largest absolute Gasteiger partial charge is 0.506 e. The van der Waals surface area contributed by atoms with Crippen LogP contribution in [0.15, 0.2) is 17.2 Å². The molecule has 0 unspecified atom stereocenters. The molecule has 0 atom stereocenters. The highest BCUT2D eigenvalue weighted by Crippen LogP contribution is 2.20. The lowest BCUT2D eigenvalue weighted by Crippen LogP contribution is -2.08. The maximum absolute atomic E-state index is 11.6. The molecule has 1 heterocycles. The molecule has 0 bridgehead atoms. The van der Waals surface area contributed by atoms with Gasteiger partial charge in [0.15, 0.2) is 9.84 Å².